The van der Waals surface area contributed by atoms with E-state index in [0.29, 0.717) is 19.6 Å². The van der Waals surface area contributed by atoms with E-state index in [-0.39, 0.29) is 11.5 Å². The number of furan rings is 1. The summed E-state index contributed by atoms with van der Waals surface area (Å²) in [7, 11) is -0.897. The fraction of sp³-hybridized carbons (Fsp3) is 0.667. The Hall–Kier alpha value is -0.850. The molecule has 0 amide bonds. The lowest BCUT2D eigenvalue weighted by atomic mass is 10.2. The van der Waals surface area contributed by atoms with Crippen molar-refractivity contribution in [3.63, 3.8) is 0 Å². The molecule has 6 heteroatoms. The highest BCUT2D eigenvalue weighted by atomic mass is 32.2. The Morgan fingerprint density at radius 3 is 2.67 bits per heavy atom. The maximum absolute atomic E-state index is 11.3. The Balaban J connectivity index is 1.96. The molecular weight excluding hydrogens is 252 g/mol. The molecule has 1 aromatic rings. The highest BCUT2D eigenvalue weighted by Crippen LogP contribution is 2.17. The van der Waals surface area contributed by atoms with Gasteiger partial charge in [0.2, 0.25) is 0 Å². The zero-order valence-electron chi connectivity index (χ0n) is 10.9. The van der Waals surface area contributed by atoms with Crippen LogP contribution in [0.4, 0.5) is 0 Å². The van der Waals surface area contributed by atoms with E-state index in [9.17, 15) is 8.42 Å². The van der Waals surface area contributed by atoms with Crippen LogP contribution in [0.1, 0.15) is 17.1 Å². The molecule has 0 aromatic carbocycles. The summed E-state index contributed by atoms with van der Waals surface area (Å²) in [4.78, 5) is 2.13. The SMILES string of the molecule is CNCc1cc(CN2CCS(=O)(=O)CC2)oc1C. The van der Waals surface area contributed by atoms with Gasteiger partial charge in [0.05, 0.1) is 18.1 Å². The van der Waals surface area contributed by atoms with Crippen LogP contribution in [-0.4, -0.2) is 45.0 Å². The highest BCUT2D eigenvalue weighted by molar-refractivity contribution is 7.91. The van der Waals surface area contributed by atoms with Crippen LogP contribution in [0.15, 0.2) is 10.5 Å². The van der Waals surface area contributed by atoms with Gasteiger partial charge in [-0.2, -0.15) is 0 Å². The number of nitrogens with zero attached hydrogens (tertiary/aromatic N) is 1. The van der Waals surface area contributed by atoms with Gasteiger partial charge in [0.15, 0.2) is 9.84 Å². The predicted molar refractivity (Wildman–Crippen MR) is 70.1 cm³/mol. The molecule has 0 radical (unpaired) electrons. The van der Waals surface area contributed by atoms with Gasteiger partial charge in [-0.15, -0.1) is 0 Å². The molecule has 2 rings (SSSR count). The molecule has 1 aliphatic rings. The monoisotopic (exact) mass is 272 g/mol. The van der Waals surface area contributed by atoms with E-state index in [4.69, 9.17) is 4.42 Å². The van der Waals surface area contributed by atoms with Crippen molar-refractivity contribution in [1.29, 1.82) is 0 Å². The first kappa shape index (κ1) is 13.6. The lowest BCUT2D eigenvalue weighted by molar-refractivity contribution is 0.260. The zero-order valence-corrected chi connectivity index (χ0v) is 11.7. The van der Waals surface area contributed by atoms with Gasteiger partial charge >= 0.3 is 0 Å². The number of hydrogen-bond donors (Lipinski definition) is 1. The molecule has 1 N–H and O–H groups in total. The first-order valence-corrected chi connectivity index (χ1v) is 7.98. The molecule has 18 heavy (non-hydrogen) atoms. The predicted octanol–water partition coefficient (Wildman–Crippen LogP) is 0.538. The van der Waals surface area contributed by atoms with Crippen molar-refractivity contribution in [2.45, 2.75) is 20.0 Å². The molecule has 1 aliphatic heterocycles. The summed E-state index contributed by atoms with van der Waals surface area (Å²) in [5, 5.41) is 3.10. The molecule has 0 unspecified atom stereocenters. The average Bonchev–Trinajstić information content (AvgIpc) is 2.63. The third-order valence-corrected chi connectivity index (χ3v) is 4.86. The van der Waals surface area contributed by atoms with Gasteiger partial charge in [-0.3, -0.25) is 4.90 Å². The highest BCUT2D eigenvalue weighted by Gasteiger charge is 2.22. The Morgan fingerprint density at radius 1 is 1.39 bits per heavy atom. The fourth-order valence-corrected chi connectivity index (χ4v) is 3.44. The molecule has 1 saturated heterocycles. The van der Waals surface area contributed by atoms with Gasteiger partial charge in [-0.05, 0) is 20.0 Å². The Labute approximate surface area is 108 Å². The third kappa shape index (κ3) is 3.34. The third-order valence-electron chi connectivity index (χ3n) is 3.26. The Kier molecular flexibility index (Phi) is 4.09. The summed E-state index contributed by atoms with van der Waals surface area (Å²) in [6.45, 7) is 4.65. The summed E-state index contributed by atoms with van der Waals surface area (Å²) >= 11 is 0. The van der Waals surface area contributed by atoms with Crippen molar-refractivity contribution in [1.82, 2.24) is 10.2 Å². The molecular formula is C12H20N2O3S. The summed E-state index contributed by atoms with van der Waals surface area (Å²) in [5.74, 6) is 2.37. The van der Waals surface area contributed by atoms with Gasteiger partial charge in [-0.25, -0.2) is 8.42 Å². The number of hydrogen-bond acceptors (Lipinski definition) is 5. The van der Waals surface area contributed by atoms with E-state index in [1.807, 2.05) is 14.0 Å². The molecule has 0 spiro atoms. The van der Waals surface area contributed by atoms with Crippen molar-refractivity contribution in [2.24, 2.45) is 0 Å². The van der Waals surface area contributed by atoms with Crippen LogP contribution in [-0.2, 0) is 22.9 Å². The molecule has 0 bridgehead atoms. The Bertz CT molecular complexity index is 493. The lowest BCUT2D eigenvalue weighted by Crippen LogP contribution is -2.39. The average molecular weight is 272 g/mol. The quantitative estimate of drug-likeness (QED) is 0.866. The van der Waals surface area contributed by atoms with E-state index in [1.54, 1.807) is 0 Å². The van der Waals surface area contributed by atoms with Crippen LogP contribution in [0, 0.1) is 6.92 Å². The Morgan fingerprint density at radius 2 is 2.06 bits per heavy atom. The van der Waals surface area contributed by atoms with E-state index in [0.717, 1.165) is 23.6 Å². The smallest absolute Gasteiger partial charge is 0.152 e. The molecule has 2 heterocycles. The molecule has 1 aromatic heterocycles. The summed E-state index contributed by atoms with van der Waals surface area (Å²) in [6, 6.07) is 2.05. The van der Waals surface area contributed by atoms with Crippen molar-refractivity contribution in [2.75, 3.05) is 31.6 Å². The number of sulfone groups is 1. The first-order chi connectivity index (χ1) is 8.50. The molecule has 1 fully saturated rings. The van der Waals surface area contributed by atoms with Gasteiger partial charge in [0.25, 0.3) is 0 Å². The largest absolute Gasteiger partial charge is 0.465 e. The van der Waals surface area contributed by atoms with Crippen LogP contribution in [0.3, 0.4) is 0 Å². The van der Waals surface area contributed by atoms with Crippen molar-refractivity contribution in [3.05, 3.63) is 23.2 Å². The minimum atomic E-state index is -2.80. The number of aryl methyl sites for hydroxylation is 1. The topological polar surface area (TPSA) is 62.6 Å². The molecule has 0 aliphatic carbocycles. The van der Waals surface area contributed by atoms with E-state index >= 15 is 0 Å². The van der Waals surface area contributed by atoms with Gasteiger partial charge in [-0.1, -0.05) is 0 Å². The van der Waals surface area contributed by atoms with Gasteiger partial charge < -0.3 is 9.73 Å². The second-order valence-electron chi connectivity index (χ2n) is 4.75. The van der Waals surface area contributed by atoms with Crippen molar-refractivity contribution in [3.8, 4) is 0 Å². The van der Waals surface area contributed by atoms with E-state index < -0.39 is 9.84 Å². The minimum absolute atomic E-state index is 0.260. The maximum atomic E-state index is 11.3. The van der Waals surface area contributed by atoms with Crippen LogP contribution < -0.4 is 5.32 Å². The van der Waals surface area contributed by atoms with E-state index in [2.05, 4.69) is 16.3 Å². The normalized spacial score (nSPS) is 20.1. The van der Waals surface area contributed by atoms with Crippen LogP contribution in [0.25, 0.3) is 0 Å². The van der Waals surface area contributed by atoms with Crippen molar-refractivity contribution >= 4 is 9.84 Å². The molecule has 0 saturated carbocycles. The molecule has 5 nitrogen and oxygen atoms in total. The maximum Gasteiger partial charge on any atom is 0.152 e. The zero-order chi connectivity index (χ0) is 13.2. The van der Waals surface area contributed by atoms with Crippen LogP contribution in [0.5, 0.6) is 0 Å². The first-order valence-electron chi connectivity index (χ1n) is 6.16. The summed E-state index contributed by atoms with van der Waals surface area (Å²) in [6.07, 6.45) is 0. The van der Waals surface area contributed by atoms with Crippen LogP contribution in [0.2, 0.25) is 0 Å². The second kappa shape index (κ2) is 5.42. The fourth-order valence-electron chi connectivity index (χ4n) is 2.16. The molecule has 0 atom stereocenters. The summed E-state index contributed by atoms with van der Waals surface area (Å²) in [5.41, 5.74) is 1.16. The number of rotatable bonds is 4. The van der Waals surface area contributed by atoms with Gasteiger partial charge in [0.1, 0.15) is 11.5 Å². The molecule has 102 valence electrons. The van der Waals surface area contributed by atoms with Gasteiger partial charge in [0, 0.05) is 25.2 Å². The van der Waals surface area contributed by atoms with Crippen molar-refractivity contribution < 1.29 is 12.8 Å². The van der Waals surface area contributed by atoms with Crippen LogP contribution >= 0.6 is 0 Å². The van der Waals surface area contributed by atoms with E-state index in [1.165, 1.54) is 0 Å². The lowest BCUT2D eigenvalue weighted by Gasteiger charge is -2.25. The second-order valence-corrected chi connectivity index (χ2v) is 7.06. The minimum Gasteiger partial charge on any atom is -0.465 e. The number of nitrogens with one attached hydrogen (secondary N) is 1. The summed E-state index contributed by atoms with van der Waals surface area (Å²) < 4.78 is 28.4. The standard InChI is InChI=1S/C12H20N2O3S/c1-10-11(8-13-2)7-12(17-10)9-14-3-5-18(15,16)6-4-14/h7,13H,3-6,8-9H2,1-2H3.